The summed E-state index contributed by atoms with van der Waals surface area (Å²) in [6.07, 6.45) is 7.27. The van der Waals surface area contributed by atoms with Crippen molar-refractivity contribution in [3.05, 3.63) is 59.1 Å². The Hall–Kier alpha value is -3.99. The molecule has 2 aromatic carbocycles. The van der Waals surface area contributed by atoms with Crippen LogP contribution in [0.3, 0.4) is 0 Å². The number of phenolic OH excluding ortho intramolecular Hbond substituents is 1. The maximum atomic E-state index is 15.0. The molecule has 11 heteroatoms. The lowest BCUT2D eigenvalue weighted by Gasteiger charge is -2.37. The Labute approximate surface area is 257 Å². The van der Waals surface area contributed by atoms with Crippen LogP contribution in [0.4, 0.5) is 15.9 Å². The molecule has 1 saturated heterocycles. The number of hydrogen-bond acceptors (Lipinski definition) is 9. The monoisotopic (exact) mass is 600 g/mol. The number of aromatic nitrogens is 5. The van der Waals surface area contributed by atoms with Crippen LogP contribution in [0.2, 0.25) is 0 Å². The zero-order valence-corrected chi connectivity index (χ0v) is 25.8. The molecule has 0 bridgehead atoms. The molecule has 2 aliphatic heterocycles. The van der Waals surface area contributed by atoms with Crippen molar-refractivity contribution in [2.75, 3.05) is 56.7 Å². The lowest BCUT2D eigenvalue weighted by Crippen LogP contribution is -2.38. The van der Waals surface area contributed by atoms with Crippen LogP contribution >= 0.6 is 0 Å². The third-order valence-corrected chi connectivity index (χ3v) is 9.49. The number of nitrogens with one attached hydrogen (secondary N) is 1. The summed E-state index contributed by atoms with van der Waals surface area (Å²) in [5.74, 6) is 1.95. The van der Waals surface area contributed by atoms with Crippen molar-refractivity contribution in [3.63, 3.8) is 0 Å². The maximum absolute atomic E-state index is 15.0. The zero-order chi connectivity index (χ0) is 30.4. The first-order valence-corrected chi connectivity index (χ1v) is 15.8. The number of fused-ring (bicyclic) bond motifs is 2. The number of phenols is 1. The molecule has 0 spiro atoms. The first kappa shape index (κ1) is 28.8. The van der Waals surface area contributed by atoms with Crippen molar-refractivity contribution in [2.45, 2.75) is 57.9 Å². The number of aromatic amines is 1. The number of nitrogens with zero attached hydrogens (tertiary/aromatic N) is 7. The molecule has 1 saturated carbocycles. The van der Waals surface area contributed by atoms with Gasteiger partial charge >= 0.3 is 6.01 Å². The fourth-order valence-corrected chi connectivity index (χ4v) is 7.20. The summed E-state index contributed by atoms with van der Waals surface area (Å²) in [6, 6.07) is 7.12. The summed E-state index contributed by atoms with van der Waals surface area (Å²) < 4.78 is 21.4. The van der Waals surface area contributed by atoms with Crippen LogP contribution in [0.15, 0.2) is 30.6 Å². The van der Waals surface area contributed by atoms with Gasteiger partial charge in [-0.05, 0) is 75.7 Å². The lowest BCUT2D eigenvalue weighted by molar-refractivity contribution is 0.182. The average Bonchev–Trinajstić information content (AvgIpc) is 3.54. The van der Waals surface area contributed by atoms with Crippen LogP contribution in [0.5, 0.6) is 11.8 Å². The van der Waals surface area contributed by atoms with E-state index >= 15 is 0 Å². The first-order valence-electron chi connectivity index (χ1n) is 15.8. The molecule has 10 nitrogen and oxygen atoms in total. The molecular formula is C33H41FN8O2. The van der Waals surface area contributed by atoms with E-state index in [0.29, 0.717) is 37.7 Å². The van der Waals surface area contributed by atoms with Gasteiger partial charge in [0.1, 0.15) is 23.7 Å². The number of benzene rings is 2. The quantitative estimate of drug-likeness (QED) is 0.280. The topological polar surface area (TPSA) is 107 Å². The summed E-state index contributed by atoms with van der Waals surface area (Å²) >= 11 is 0. The van der Waals surface area contributed by atoms with Crippen molar-refractivity contribution < 1.29 is 14.2 Å². The number of aromatic hydroxyl groups is 1. The number of halogens is 1. The van der Waals surface area contributed by atoms with Gasteiger partial charge < -0.3 is 24.5 Å². The lowest BCUT2D eigenvalue weighted by atomic mass is 9.95. The number of piperidine rings is 1. The van der Waals surface area contributed by atoms with E-state index in [9.17, 15) is 9.50 Å². The molecule has 0 amide bonds. The van der Waals surface area contributed by atoms with E-state index in [1.165, 1.54) is 6.07 Å². The van der Waals surface area contributed by atoms with Crippen molar-refractivity contribution in [1.82, 2.24) is 30.0 Å². The molecule has 0 radical (unpaired) electrons. The molecule has 4 heterocycles. The van der Waals surface area contributed by atoms with Gasteiger partial charge in [-0.15, -0.1) is 0 Å². The molecule has 1 unspecified atom stereocenters. The number of hydrogen-bond donors (Lipinski definition) is 2. The van der Waals surface area contributed by atoms with E-state index in [0.717, 1.165) is 91.1 Å². The second kappa shape index (κ2) is 11.5. The minimum Gasteiger partial charge on any atom is -0.508 e. The molecule has 7 rings (SSSR count). The maximum Gasteiger partial charge on any atom is 0.318 e. The Bertz CT molecular complexity index is 1660. The van der Waals surface area contributed by atoms with Crippen molar-refractivity contribution in [3.8, 4) is 11.8 Å². The fraction of sp³-hybridized carbons (Fsp3) is 0.515. The molecule has 2 N–H and O–H groups in total. The highest BCUT2D eigenvalue weighted by Crippen LogP contribution is 2.46. The van der Waals surface area contributed by atoms with E-state index in [2.05, 4.69) is 44.0 Å². The Morgan fingerprint density at radius 2 is 2.02 bits per heavy atom. The number of aryl methyl sites for hydroxylation is 1. The minimum atomic E-state index is -0.220. The van der Waals surface area contributed by atoms with Crippen molar-refractivity contribution in [1.29, 1.82) is 0 Å². The molecule has 2 aromatic heterocycles. The summed E-state index contributed by atoms with van der Waals surface area (Å²) in [5, 5.41) is 19.6. The van der Waals surface area contributed by atoms with Crippen LogP contribution in [0.1, 0.15) is 61.2 Å². The minimum absolute atomic E-state index is 0.151. The molecule has 4 aromatic rings. The molecule has 3 aliphatic rings. The summed E-state index contributed by atoms with van der Waals surface area (Å²) in [6.45, 7) is 6.43. The second-order valence-corrected chi connectivity index (χ2v) is 13.0. The third-order valence-electron chi connectivity index (χ3n) is 9.49. The van der Waals surface area contributed by atoms with Crippen molar-refractivity contribution in [2.24, 2.45) is 5.41 Å². The van der Waals surface area contributed by atoms with Gasteiger partial charge in [-0.3, -0.25) is 5.10 Å². The van der Waals surface area contributed by atoms with Crippen LogP contribution < -0.4 is 14.5 Å². The Morgan fingerprint density at radius 3 is 2.77 bits per heavy atom. The highest BCUT2D eigenvalue weighted by Gasteiger charge is 2.44. The Balaban J connectivity index is 1.25. The summed E-state index contributed by atoms with van der Waals surface area (Å²) in [4.78, 5) is 21.3. The predicted octanol–water partition coefficient (Wildman–Crippen LogP) is 4.82. The third kappa shape index (κ3) is 5.53. The van der Waals surface area contributed by atoms with E-state index in [4.69, 9.17) is 14.7 Å². The summed E-state index contributed by atoms with van der Waals surface area (Å²) in [5.41, 5.74) is 3.69. The van der Waals surface area contributed by atoms with Crippen LogP contribution in [-0.2, 0) is 19.4 Å². The van der Waals surface area contributed by atoms with Gasteiger partial charge in [0.15, 0.2) is 5.82 Å². The summed E-state index contributed by atoms with van der Waals surface area (Å²) in [7, 11) is 4.20. The average molecular weight is 601 g/mol. The molecule has 2 fully saturated rings. The predicted molar refractivity (Wildman–Crippen MR) is 168 cm³/mol. The highest BCUT2D eigenvalue weighted by molar-refractivity contribution is 5.98. The van der Waals surface area contributed by atoms with E-state index in [1.54, 1.807) is 24.5 Å². The van der Waals surface area contributed by atoms with Gasteiger partial charge in [0, 0.05) is 60.2 Å². The SMILES string of the molecule is CCc1c(F)ccc2cc(O)cc(N3CCc4c(nc(OCC5(CN(C)C)CC5)nc4N4CCCC(c5nc[nH]n5)C4)C3)c12. The smallest absolute Gasteiger partial charge is 0.318 e. The van der Waals surface area contributed by atoms with Gasteiger partial charge in [0.25, 0.3) is 0 Å². The van der Waals surface area contributed by atoms with Crippen LogP contribution in [-0.4, -0.2) is 82.0 Å². The van der Waals surface area contributed by atoms with Crippen LogP contribution in [0, 0.1) is 11.2 Å². The normalized spacial score (nSPS) is 19.4. The van der Waals surface area contributed by atoms with E-state index in [1.807, 2.05) is 6.92 Å². The Kier molecular flexibility index (Phi) is 7.52. The van der Waals surface area contributed by atoms with Gasteiger partial charge in [0.05, 0.1) is 18.8 Å². The molecular weight excluding hydrogens is 559 g/mol. The van der Waals surface area contributed by atoms with E-state index in [-0.39, 0.29) is 22.9 Å². The zero-order valence-electron chi connectivity index (χ0n) is 25.8. The number of ether oxygens (including phenoxy) is 1. The molecule has 44 heavy (non-hydrogen) atoms. The number of anilines is 2. The fourth-order valence-electron chi connectivity index (χ4n) is 7.20. The van der Waals surface area contributed by atoms with Gasteiger partial charge in [-0.25, -0.2) is 9.37 Å². The van der Waals surface area contributed by atoms with Gasteiger partial charge in [-0.1, -0.05) is 13.0 Å². The largest absolute Gasteiger partial charge is 0.508 e. The molecule has 1 atom stereocenters. The Morgan fingerprint density at radius 1 is 1.16 bits per heavy atom. The standard InChI is InChI=1S/C33H41FN8O2/c1-4-24-26(34)8-7-21-14-23(43)15-28(29(21)24)41-13-9-25-27(17-41)37-32(44-19-33(10-11-33)18-40(2)3)38-31(25)42-12-5-6-22(16-42)30-35-20-36-39-30/h7-8,14-15,20,22,43H,4-6,9-13,16-19H2,1-3H3,(H,35,36,39). The first-order chi connectivity index (χ1) is 21.3. The van der Waals surface area contributed by atoms with Gasteiger partial charge in [-0.2, -0.15) is 15.1 Å². The van der Waals surface area contributed by atoms with Crippen LogP contribution in [0.25, 0.3) is 10.8 Å². The molecule has 1 aliphatic carbocycles. The molecule has 232 valence electrons. The van der Waals surface area contributed by atoms with Crippen molar-refractivity contribution >= 4 is 22.3 Å². The van der Waals surface area contributed by atoms with Gasteiger partial charge in [0.2, 0.25) is 0 Å². The highest BCUT2D eigenvalue weighted by atomic mass is 19.1. The van der Waals surface area contributed by atoms with E-state index < -0.39 is 0 Å². The number of H-pyrrole nitrogens is 1. The second-order valence-electron chi connectivity index (χ2n) is 13.0. The number of rotatable bonds is 9.